The van der Waals surface area contributed by atoms with Crippen molar-refractivity contribution in [1.82, 2.24) is 19.4 Å². The number of nitrogens with one attached hydrogen (secondary N) is 1. The first-order valence-corrected chi connectivity index (χ1v) is 8.89. The predicted octanol–water partition coefficient (Wildman–Crippen LogP) is -0.114. The van der Waals surface area contributed by atoms with Crippen LogP contribution in [-0.2, 0) is 16.6 Å². The molecule has 0 unspecified atom stereocenters. The quantitative estimate of drug-likeness (QED) is 0.733. The molecular formula is C13H24N4O3S. The highest BCUT2D eigenvalue weighted by molar-refractivity contribution is 7.89. The molecule has 2 N–H and O–H groups in total. The van der Waals surface area contributed by atoms with Gasteiger partial charge in [-0.05, 0) is 38.4 Å². The molecule has 2 rings (SSSR count). The van der Waals surface area contributed by atoms with E-state index in [0.29, 0.717) is 19.0 Å². The van der Waals surface area contributed by atoms with Crippen molar-refractivity contribution >= 4 is 10.0 Å². The molecule has 1 fully saturated rings. The van der Waals surface area contributed by atoms with Crippen LogP contribution in [0.15, 0.2) is 17.3 Å². The molecule has 0 bridgehead atoms. The molecule has 0 aliphatic carbocycles. The fourth-order valence-corrected chi connectivity index (χ4v) is 3.59. The standard InChI is InChI=1S/C13H24N4O3S/c1-2-16-5-3-12(4-6-16)9-15-21(19,20)13-10-14-17(11-13)7-8-18/h10-12,15,18H,2-9H2,1H3. The SMILES string of the molecule is CCN1CCC(CNS(=O)(=O)c2cnn(CCO)c2)CC1. The molecule has 0 spiro atoms. The lowest BCUT2D eigenvalue weighted by molar-refractivity contribution is 0.194. The number of likely N-dealkylation sites (tertiary alicyclic amines) is 1. The maximum absolute atomic E-state index is 12.2. The third kappa shape index (κ3) is 4.50. The van der Waals surface area contributed by atoms with Gasteiger partial charge in [-0.1, -0.05) is 6.92 Å². The summed E-state index contributed by atoms with van der Waals surface area (Å²) in [6, 6.07) is 0. The number of piperidine rings is 1. The normalized spacial score (nSPS) is 18.2. The Hall–Kier alpha value is -0.960. The highest BCUT2D eigenvalue weighted by atomic mass is 32.2. The summed E-state index contributed by atoms with van der Waals surface area (Å²) in [5, 5.41) is 12.7. The number of aliphatic hydroxyl groups is 1. The van der Waals surface area contributed by atoms with Crippen LogP contribution in [0, 0.1) is 5.92 Å². The minimum atomic E-state index is -3.50. The van der Waals surface area contributed by atoms with Crippen LogP contribution in [0.4, 0.5) is 0 Å². The predicted molar refractivity (Wildman–Crippen MR) is 79.3 cm³/mol. The second-order valence-corrected chi connectivity index (χ2v) is 7.16. The van der Waals surface area contributed by atoms with E-state index < -0.39 is 10.0 Å². The topological polar surface area (TPSA) is 87.5 Å². The number of nitrogens with zero attached hydrogens (tertiary/aromatic N) is 3. The number of aromatic nitrogens is 2. The average Bonchev–Trinajstić information content (AvgIpc) is 2.96. The molecule has 1 aliphatic rings. The lowest BCUT2D eigenvalue weighted by Gasteiger charge is -2.30. The monoisotopic (exact) mass is 316 g/mol. The van der Waals surface area contributed by atoms with Crippen LogP contribution < -0.4 is 4.72 Å². The van der Waals surface area contributed by atoms with Gasteiger partial charge in [-0.2, -0.15) is 5.10 Å². The molecule has 8 heteroatoms. The Morgan fingerprint density at radius 1 is 1.43 bits per heavy atom. The number of sulfonamides is 1. The molecule has 0 saturated carbocycles. The summed E-state index contributed by atoms with van der Waals surface area (Å²) in [6.07, 6.45) is 4.82. The van der Waals surface area contributed by atoms with Gasteiger partial charge >= 0.3 is 0 Å². The lowest BCUT2D eigenvalue weighted by Crippen LogP contribution is -2.38. The zero-order valence-corrected chi connectivity index (χ0v) is 13.2. The second-order valence-electron chi connectivity index (χ2n) is 5.39. The first-order valence-electron chi connectivity index (χ1n) is 7.40. The molecule has 0 atom stereocenters. The van der Waals surface area contributed by atoms with Crippen molar-refractivity contribution < 1.29 is 13.5 Å². The third-order valence-electron chi connectivity index (χ3n) is 3.97. The summed E-state index contributed by atoms with van der Waals surface area (Å²) in [5.41, 5.74) is 0. The smallest absolute Gasteiger partial charge is 0.243 e. The van der Waals surface area contributed by atoms with E-state index >= 15 is 0 Å². The molecule has 1 saturated heterocycles. The van der Waals surface area contributed by atoms with Crippen LogP contribution in [0.5, 0.6) is 0 Å². The van der Waals surface area contributed by atoms with Crippen LogP contribution in [0.3, 0.4) is 0 Å². The fourth-order valence-electron chi connectivity index (χ4n) is 2.53. The van der Waals surface area contributed by atoms with E-state index in [4.69, 9.17) is 5.11 Å². The molecule has 0 aromatic carbocycles. The van der Waals surface area contributed by atoms with Gasteiger partial charge in [-0.25, -0.2) is 13.1 Å². The maximum Gasteiger partial charge on any atom is 0.243 e. The largest absolute Gasteiger partial charge is 0.394 e. The van der Waals surface area contributed by atoms with Gasteiger partial charge in [0.1, 0.15) is 4.90 Å². The number of rotatable bonds is 7. The first-order chi connectivity index (χ1) is 10.0. The van der Waals surface area contributed by atoms with E-state index in [1.54, 1.807) is 0 Å². The van der Waals surface area contributed by atoms with Gasteiger partial charge in [0.15, 0.2) is 0 Å². The molecule has 1 aliphatic heterocycles. The summed E-state index contributed by atoms with van der Waals surface area (Å²) < 4.78 is 28.4. The molecular weight excluding hydrogens is 292 g/mol. The van der Waals surface area contributed by atoms with Crippen molar-refractivity contribution in [2.75, 3.05) is 32.8 Å². The van der Waals surface area contributed by atoms with Crippen molar-refractivity contribution in [3.8, 4) is 0 Å². The van der Waals surface area contributed by atoms with E-state index in [9.17, 15) is 8.42 Å². The number of aliphatic hydroxyl groups excluding tert-OH is 1. The Morgan fingerprint density at radius 2 is 2.14 bits per heavy atom. The van der Waals surface area contributed by atoms with Crippen molar-refractivity contribution in [2.24, 2.45) is 5.92 Å². The van der Waals surface area contributed by atoms with Crippen molar-refractivity contribution in [2.45, 2.75) is 31.2 Å². The summed E-state index contributed by atoms with van der Waals surface area (Å²) in [5.74, 6) is 0.398. The Balaban J connectivity index is 1.86. The van der Waals surface area contributed by atoms with Gasteiger partial charge in [0.2, 0.25) is 10.0 Å². The van der Waals surface area contributed by atoms with Crippen molar-refractivity contribution in [3.05, 3.63) is 12.4 Å². The number of hydrogen-bond donors (Lipinski definition) is 2. The molecule has 0 radical (unpaired) electrons. The summed E-state index contributed by atoms with van der Waals surface area (Å²) >= 11 is 0. The first kappa shape index (κ1) is 16.4. The fraction of sp³-hybridized carbons (Fsp3) is 0.769. The molecule has 1 aromatic rings. The van der Waals surface area contributed by atoms with Gasteiger partial charge in [-0.3, -0.25) is 4.68 Å². The van der Waals surface area contributed by atoms with Crippen LogP contribution in [0.25, 0.3) is 0 Å². The third-order valence-corrected chi connectivity index (χ3v) is 5.34. The molecule has 120 valence electrons. The molecule has 0 amide bonds. The summed E-state index contributed by atoms with van der Waals surface area (Å²) in [7, 11) is -3.50. The Morgan fingerprint density at radius 3 is 2.76 bits per heavy atom. The highest BCUT2D eigenvalue weighted by Gasteiger charge is 2.22. The minimum absolute atomic E-state index is 0.0649. The van der Waals surface area contributed by atoms with Gasteiger partial charge in [0.05, 0.1) is 19.3 Å². The number of hydrogen-bond acceptors (Lipinski definition) is 5. The van der Waals surface area contributed by atoms with E-state index in [2.05, 4.69) is 21.6 Å². The van der Waals surface area contributed by atoms with Gasteiger partial charge in [-0.15, -0.1) is 0 Å². The van der Waals surface area contributed by atoms with E-state index in [1.807, 2.05) is 0 Å². The molecule has 21 heavy (non-hydrogen) atoms. The maximum atomic E-state index is 12.2. The second kappa shape index (κ2) is 7.35. The Labute approximate surface area is 126 Å². The van der Waals surface area contributed by atoms with E-state index in [0.717, 1.165) is 32.5 Å². The Kier molecular flexibility index (Phi) is 5.74. The summed E-state index contributed by atoms with van der Waals surface area (Å²) in [6.45, 7) is 5.99. The van der Waals surface area contributed by atoms with Crippen LogP contribution >= 0.6 is 0 Å². The van der Waals surface area contributed by atoms with Crippen molar-refractivity contribution in [1.29, 1.82) is 0 Å². The van der Waals surface area contributed by atoms with E-state index in [-0.39, 0.29) is 11.5 Å². The van der Waals surface area contributed by atoms with Crippen LogP contribution in [0.1, 0.15) is 19.8 Å². The minimum Gasteiger partial charge on any atom is -0.394 e. The van der Waals surface area contributed by atoms with Gasteiger partial charge in [0.25, 0.3) is 0 Å². The highest BCUT2D eigenvalue weighted by Crippen LogP contribution is 2.17. The van der Waals surface area contributed by atoms with Crippen LogP contribution in [-0.4, -0.2) is 61.0 Å². The van der Waals surface area contributed by atoms with Crippen LogP contribution in [0.2, 0.25) is 0 Å². The van der Waals surface area contributed by atoms with Crippen molar-refractivity contribution in [3.63, 3.8) is 0 Å². The van der Waals surface area contributed by atoms with E-state index in [1.165, 1.54) is 17.1 Å². The van der Waals surface area contributed by atoms with Gasteiger partial charge in [0, 0.05) is 12.7 Å². The molecule has 1 aromatic heterocycles. The Bertz CT molecular complexity index is 535. The average molecular weight is 316 g/mol. The molecule has 7 nitrogen and oxygen atoms in total. The zero-order chi connectivity index (χ0) is 15.3. The molecule has 2 heterocycles. The summed E-state index contributed by atoms with van der Waals surface area (Å²) in [4.78, 5) is 2.53. The lowest BCUT2D eigenvalue weighted by atomic mass is 9.97. The zero-order valence-electron chi connectivity index (χ0n) is 12.4. The van der Waals surface area contributed by atoms with Gasteiger partial charge < -0.3 is 10.0 Å².